The summed E-state index contributed by atoms with van der Waals surface area (Å²) in [6, 6.07) is 15.1. The number of aromatic hydroxyl groups is 1. The van der Waals surface area contributed by atoms with Crippen molar-refractivity contribution in [2.24, 2.45) is 17.3 Å². The summed E-state index contributed by atoms with van der Waals surface area (Å²) in [6.45, 7) is 12.2. The number of aliphatic hydroxyl groups excluding tert-OH is 1. The fourth-order valence-electron chi connectivity index (χ4n) is 10.8. The van der Waals surface area contributed by atoms with Gasteiger partial charge in [-0.05, 0) is 110 Å². The maximum absolute atomic E-state index is 14.2. The number of aromatic nitrogens is 4. The molecule has 9 rings (SSSR count). The van der Waals surface area contributed by atoms with Gasteiger partial charge in [-0.15, -0.1) is 16.6 Å². The molecule has 4 aromatic rings. The van der Waals surface area contributed by atoms with Crippen LogP contribution in [0.5, 0.6) is 5.75 Å². The largest absolute Gasteiger partial charge is 0.507 e. The molecule has 4 aliphatic heterocycles. The van der Waals surface area contributed by atoms with Crippen molar-refractivity contribution in [2.45, 2.75) is 102 Å². The Kier molecular flexibility index (Phi) is 13.8. The summed E-state index contributed by atoms with van der Waals surface area (Å²) in [5.74, 6) is 4.23. The second kappa shape index (κ2) is 20.1. The number of anilines is 3. The maximum Gasteiger partial charge on any atom is 0.246 e. The average molecular weight is 924 g/mol. The van der Waals surface area contributed by atoms with Gasteiger partial charge in [-0.2, -0.15) is 0 Å². The van der Waals surface area contributed by atoms with Gasteiger partial charge >= 0.3 is 0 Å². The third kappa shape index (κ3) is 10.4. The number of phenolic OH excluding ortho intramolecular Hbond substituents is 1. The number of hydrogen-bond acceptors (Lipinski definition) is 13. The van der Waals surface area contributed by atoms with E-state index in [0.717, 1.165) is 113 Å². The van der Waals surface area contributed by atoms with Crippen molar-refractivity contribution in [2.75, 3.05) is 67.5 Å². The van der Waals surface area contributed by atoms with Crippen LogP contribution < -0.4 is 25.8 Å². The Morgan fingerprint density at radius 1 is 0.912 bits per heavy atom. The quantitative estimate of drug-likeness (QED) is 0.132. The maximum atomic E-state index is 14.2. The van der Waals surface area contributed by atoms with Crippen LogP contribution in [0.1, 0.15) is 88.3 Å². The molecule has 6 heterocycles. The van der Waals surface area contributed by atoms with E-state index in [9.17, 15) is 24.6 Å². The van der Waals surface area contributed by atoms with E-state index < -0.39 is 23.6 Å². The molecular weight excluding hydrogens is 859 g/mol. The minimum absolute atomic E-state index is 0.0366. The number of carbonyl (C=O) groups excluding carboxylic acids is 3. The number of benzene rings is 2. The lowest BCUT2D eigenvalue weighted by molar-refractivity contribution is -0.144. The fraction of sp³-hybridized carbons (Fsp3) is 0.519. The summed E-state index contributed by atoms with van der Waals surface area (Å²) in [7, 11) is 0. The number of piperidine rings is 1. The topological polar surface area (TPSA) is 192 Å². The van der Waals surface area contributed by atoms with Crippen LogP contribution in [-0.2, 0) is 20.9 Å². The van der Waals surface area contributed by atoms with Gasteiger partial charge in [0.05, 0.1) is 23.5 Å². The van der Waals surface area contributed by atoms with Gasteiger partial charge < -0.3 is 45.8 Å². The molecular formula is C52H65N11O5. The summed E-state index contributed by atoms with van der Waals surface area (Å²) in [5, 5.41) is 39.4. The van der Waals surface area contributed by atoms with Crippen LogP contribution in [0.3, 0.4) is 0 Å². The first-order chi connectivity index (χ1) is 32.8. The third-order valence-electron chi connectivity index (χ3n) is 14.8. The normalized spacial score (nSPS) is 23.7. The van der Waals surface area contributed by atoms with E-state index in [1.165, 1.54) is 10.5 Å². The van der Waals surface area contributed by atoms with Crippen LogP contribution >= 0.6 is 0 Å². The number of likely N-dealkylation sites (tertiary alicyclic amines) is 2. The number of carbonyl (C=O) groups is 3. The molecule has 1 unspecified atom stereocenters. The molecule has 16 nitrogen and oxygen atoms in total. The number of nitrogens with zero attached hydrogens (tertiary/aromatic N) is 8. The number of rotatable bonds is 11. The second-order valence-electron chi connectivity index (χ2n) is 20.5. The highest BCUT2D eigenvalue weighted by molar-refractivity contribution is 5.93. The van der Waals surface area contributed by atoms with Crippen molar-refractivity contribution in [3.8, 4) is 29.4 Å². The number of para-hydroxylation sites is 1. The third-order valence-corrected chi connectivity index (χ3v) is 14.8. The van der Waals surface area contributed by atoms with Crippen LogP contribution in [0.15, 0.2) is 67.0 Å². The molecule has 5 N–H and O–H groups in total. The Labute approximate surface area is 399 Å². The number of phenols is 1. The molecule has 1 saturated carbocycles. The molecule has 3 saturated heterocycles. The van der Waals surface area contributed by atoms with Crippen LogP contribution in [0.25, 0.3) is 11.3 Å². The van der Waals surface area contributed by atoms with Crippen molar-refractivity contribution in [3.05, 3.63) is 83.7 Å². The van der Waals surface area contributed by atoms with Crippen LogP contribution in [0.2, 0.25) is 0 Å². The van der Waals surface area contributed by atoms with Gasteiger partial charge in [0.15, 0.2) is 5.82 Å². The van der Waals surface area contributed by atoms with Gasteiger partial charge in [0.2, 0.25) is 23.7 Å². The molecule has 2 aromatic carbocycles. The zero-order valence-corrected chi connectivity index (χ0v) is 39.5. The highest BCUT2D eigenvalue weighted by Crippen LogP contribution is 2.38. The van der Waals surface area contributed by atoms with Gasteiger partial charge in [-0.3, -0.25) is 14.4 Å². The van der Waals surface area contributed by atoms with Gasteiger partial charge in [0, 0.05) is 81.7 Å². The molecule has 4 atom stereocenters. The molecule has 2 aromatic heterocycles. The second-order valence-corrected chi connectivity index (χ2v) is 20.5. The molecule has 0 spiro atoms. The Morgan fingerprint density at radius 2 is 1.65 bits per heavy atom. The van der Waals surface area contributed by atoms with E-state index in [-0.39, 0.29) is 54.9 Å². The van der Waals surface area contributed by atoms with Gasteiger partial charge in [-0.1, -0.05) is 51.0 Å². The van der Waals surface area contributed by atoms with E-state index in [1.54, 1.807) is 12.1 Å². The lowest BCUT2D eigenvalue weighted by Gasteiger charge is -2.45. The number of nitrogens with one attached hydrogen (secondary N) is 3. The zero-order chi connectivity index (χ0) is 47.5. The summed E-state index contributed by atoms with van der Waals surface area (Å²) in [4.78, 5) is 59.8. The van der Waals surface area contributed by atoms with Crippen molar-refractivity contribution in [1.82, 2.24) is 40.6 Å². The smallest absolute Gasteiger partial charge is 0.246 e. The van der Waals surface area contributed by atoms with E-state index in [2.05, 4.69) is 46.8 Å². The van der Waals surface area contributed by atoms with Crippen molar-refractivity contribution >= 4 is 35.2 Å². The molecule has 0 radical (unpaired) electrons. The number of aliphatic hydroxyl groups is 1. The summed E-state index contributed by atoms with van der Waals surface area (Å²) < 4.78 is 0. The zero-order valence-electron chi connectivity index (χ0n) is 39.5. The van der Waals surface area contributed by atoms with Crippen molar-refractivity contribution < 1.29 is 24.6 Å². The molecule has 358 valence electrons. The number of terminal acetylenes is 1. The number of β-amino-alcohol motifs (C(OH)–C–C–N with tert-alkyl or cyclic N) is 1. The molecule has 4 fully saturated rings. The number of amides is 3. The predicted octanol–water partition coefficient (Wildman–Crippen LogP) is 4.54. The molecule has 16 heteroatoms. The van der Waals surface area contributed by atoms with Crippen molar-refractivity contribution in [1.29, 1.82) is 0 Å². The van der Waals surface area contributed by atoms with Gasteiger partial charge in [0.1, 0.15) is 17.8 Å². The Morgan fingerprint density at radius 3 is 2.35 bits per heavy atom. The number of piperazine rings is 1. The van der Waals surface area contributed by atoms with E-state index in [4.69, 9.17) is 16.4 Å². The van der Waals surface area contributed by atoms with E-state index in [1.807, 2.05) is 75.6 Å². The Balaban J connectivity index is 0.716. The Hall–Kier alpha value is -6.31. The molecule has 1 aliphatic carbocycles. The summed E-state index contributed by atoms with van der Waals surface area (Å²) in [6.07, 6.45) is 14.4. The first-order valence-corrected chi connectivity index (χ1v) is 24.4. The Bertz CT molecular complexity index is 2470. The van der Waals surface area contributed by atoms with Crippen LogP contribution in [0.4, 0.5) is 17.5 Å². The predicted molar refractivity (Wildman–Crippen MR) is 261 cm³/mol. The monoisotopic (exact) mass is 924 g/mol. The summed E-state index contributed by atoms with van der Waals surface area (Å²) >= 11 is 0. The fourth-order valence-corrected chi connectivity index (χ4v) is 10.8. The SMILES string of the molecule is C#Cc1ccc(CNC(=O)[C@@H]2C[C@@H](O)CN2C(=O)[C@@H](NC(=O)[C@H]2CC[C@H](CN3CCC(c4cnc(N5CCN6c7cc(-c8ccccc8O)nnc7NCC6C5)nc4)CC3)CC2)C(C)(C)C)cc1. The van der Waals surface area contributed by atoms with E-state index >= 15 is 0 Å². The van der Waals surface area contributed by atoms with E-state index in [0.29, 0.717) is 23.1 Å². The minimum Gasteiger partial charge on any atom is -0.507 e. The molecule has 3 amide bonds. The number of hydrogen-bond donors (Lipinski definition) is 5. The first kappa shape index (κ1) is 46.8. The molecule has 0 bridgehead atoms. The lowest BCUT2D eigenvalue weighted by Crippen LogP contribution is -2.58. The molecule has 5 aliphatic rings. The highest BCUT2D eigenvalue weighted by Gasteiger charge is 2.45. The van der Waals surface area contributed by atoms with Gasteiger partial charge in [0.25, 0.3) is 0 Å². The number of fused-ring (bicyclic) bond motifs is 3. The standard InChI is InChI=1S/C52H65N11O5/c1-5-33-10-12-34(13-11-33)26-54-49(67)44-24-40(64)32-63(44)50(68)46(52(2,3)4)57-48(66)37-16-14-35(15-17-37)30-60-20-18-36(19-21-60)38-27-55-51(56-28-38)61-22-23-62-39(31-61)29-53-47-43(62)25-42(58-59-47)41-8-6-7-9-45(41)65/h1,6-13,25,27-28,35-37,39-40,44,46,64-65H,14-24,26,29-32H2,2-4H3,(H,53,59)(H,54,67)(H,57,66)/t35-,37-,39?,40-,44+,46-/m1/s1. The lowest BCUT2D eigenvalue weighted by atomic mass is 9.80. The van der Waals surface area contributed by atoms with Crippen molar-refractivity contribution in [3.63, 3.8) is 0 Å². The highest BCUT2D eigenvalue weighted by atomic mass is 16.3. The van der Waals surface area contributed by atoms with Gasteiger partial charge in [-0.25, -0.2) is 9.97 Å². The first-order valence-electron chi connectivity index (χ1n) is 24.4. The average Bonchev–Trinajstić information content (AvgIpc) is 3.76. The minimum atomic E-state index is -0.847. The molecule has 68 heavy (non-hydrogen) atoms. The summed E-state index contributed by atoms with van der Waals surface area (Å²) in [5.41, 5.74) is 4.49. The van der Waals surface area contributed by atoms with Crippen LogP contribution in [0, 0.1) is 29.6 Å². The van der Waals surface area contributed by atoms with Crippen LogP contribution in [-0.4, -0.2) is 134 Å².